The lowest BCUT2D eigenvalue weighted by atomic mass is 10.0. The molecule has 0 atom stereocenters. The minimum absolute atomic E-state index is 0.419. The maximum absolute atomic E-state index is 12.7. The van der Waals surface area contributed by atoms with Gasteiger partial charge in [0, 0.05) is 37.2 Å². The van der Waals surface area contributed by atoms with Crippen LogP contribution in [0.1, 0.15) is 16.7 Å². The molecule has 1 fully saturated rings. The molecule has 0 saturated carbocycles. The van der Waals surface area contributed by atoms with E-state index in [1.54, 1.807) is 6.08 Å². The lowest BCUT2D eigenvalue weighted by molar-refractivity contribution is 0.388. The summed E-state index contributed by atoms with van der Waals surface area (Å²) >= 11 is 0. The van der Waals surface area contributed by atoms with Gasteiger partial charge in [-0.1, -0.05) is 54.1 Å². The highest BCUT2D eigenvalue weighted by atomic mass is 32.2. The van der Waals surface area contributed by atoms with E-state index in [0.717, 1.165) is 22.6 Å². The molecule has 2 aromatic carbocycles. The van der Waals surface area contributed by atoms with E-state index in [2.05, 4.69) is 47.1 Å². The van der Waals surface area contributed by atoms with Gasteiger partial charge >= 0.3 is 0 Å². The monoisotopic (exact) mass is 434 g/mol. The first kappa shape index (κ1) is 21.2. The van der Waals surface area contributed by atoms with E-state index in [1.807, 2.05) is 42.5 Å². The van der Waals surface area contributed by atoms with E-state index in [-0.39, 0.29) is 0 Å². The highest BCUT2D eigenvalue weighted by Gasteiger charge is 2.25. The molecule has 1 aromatic heterocycles. The molecule has 0 bridgehead atoms. The number of hydrogen-bond acceptors (Lipinski definition) is 5. The zero-order chi connectivity index (χ0) is 21.8. The molecule has 0 radical (unpaired) electrons. The molecule has 7 heteroatoms. The topological polar surface area (TPSA) is 66.4 Å². The van der Waals surface area contributed by atoms with Crippen LogP contribution < -0.4 is 4.90 Å². The average Bonchev–Trinajstić information content (AvgIpc) is 2.79. The quantitative estimate of drug-likeness (QED) is 0.610. The van der Waals surface area contributed by atoms with Crippen LogP contribution in [0, 0.1) is 13.8 Å². The van der Waals surface area contributed by atoms with Crippen molar-refractivity contribution in [2.75, 3.05) is 31.1 Å². The van der Waals surface area contributed by atoms with E-state index >= 15 is 0 Å². The van der Waals surface area contributed by atoms with Crippen molar-refractivity contribution in [1.29, 1.82) is 0 Å². The van der Waals surface area contributed by atoms with Crippen LogP contribution in [0.4, 0.5) is 5.82 Å². The number of rotatable bonds is 5. The summed E-state index contributed by atoms with van der Waals surface area (Å²) < 4.78 is 26.8. The summed E-state index contributed by atoms with van der Waals surface area (Å²) in [6, 6.07) is 19.7. The molecule has 0 N–H and O–H groups in total. The number of sulfonamides is 1. The zero-order valence-electron chi connectivity index (χ0n) is 17.8. The number of aromatic nitrogens is 2. The van der Waals surface area contributed by atoms with Crippen molar-refractivity contribution in [2.45, 2.75) is 13.8 Å². The number of hydrogen-bond donors (Lipinski definition) is 0. The Morgan fingerprint density at radius 3 is 2.26 bits per heavy atom. The second-order valence-electron chi connectivity index (χ2n) is 7.74. The summed E-state index contributed by atoms with van der Waals surface area (Å²) in [6.45, 7) is 6.14. The van der Waals surface area contributed by atoms with Crippen LogP contribution in [-0.2, 0) is 10.0 Å². The number of piperazine rings is 1. The Bertz CT molecular complexity index is 1170. The molecule has 6 nitrogen and oxygen atoms in total. The van der Waals surface area contributed by atoms with E-state index in [1.165, 1.54) is 20.8 Å². The number of nitrogens with zero attached hydrogens (tertiary/aromatic N) is 4. The van der Waals surface area contributed by atoms with Crippen LogP contribution in [-0.4, -0.2) is 49.1 Å². The normalized spacial score (nSPS) is 15.5. The fourth-order valence-electron chi connectivity index (χ4n) is 3.72. The molecule has 1 aliphatic rings. The number of benzene rings is 2. The molecule has 0 spiro atoms. The molecule has 160 valence electrons. The zero-order valence-corrected chi connectivity index (χ0v) is 18.6. The Labute approximate surface area is 183 Å². The largest absolute Gasteiger partial charge is 0.352 e. The van der Waals surface area contributed by atoms with Crippen molar-refractivity contribution in [2.24, 2.45) is 0 Å². The summed E-state index contributed by atoms with van der Waals surface area (Å²) in [5, 5.41) is 10.1. The van der Waals surface area contributed by atoms with Gasteiger partial charge in [0.2, 0.25) is 10.0 Å². The van der Waals surface area contributed by atoms with Crippen molar-refractivity contribution in [3.05, 3.63) is 82.8 Å². The van der Waals surface area contributed by atoms with Gasteiger partial charge in [-0.05, 0) is 43.2 Å². The minimum Gasteiger partial charge on any atom is -0.352 e. The van der Waals surface area contributed by atoms with Gasteiger partial charge in [-0.25, -0.2) is 8.42 Å². The van der Waals surface area contributed by atoms with Gasteiger partial charge in [0.25, 0.3) is 0 Å². The summed E-state index contributed by atoms with van der Waals surface area (Å²) in [5.74, 6) is 0.769. The highest BCUT2D eigenvalue weighted by Crippen LogP contribution is 2.24. The Morgan fingerprint density at radius 1 is 0.871 bits per heavy atom. The van der Waals surface area contributed by atoms with Crippen molar-refractivity contribution < 1.29 is 8.42 Å². The van der Waals surface area contributed by atoms with Crippen molar-refractivity contribution in [3.8, 4) is 11.3 Å². The summed E-state index contributed by atoms with van der Waals surface area (Å²) in [4.78, 5) is 2.08. The number of anilines is 1. The Hall–Kier alpha value is -3.03. The maximum Gasteiger partial charge on any atom is 0.236 e. The second kappa shape index (κ2) is 8.99. The summed E-state index contributed by atoms with van der Waals surface area (Å²) in [7, 11) is -3.45. The number of aryl methyl sites for hydroxylation is 2. The molecule has 0 aliphatic carbocycles. The van der Waals surface area contributed by atoms with E-state index in [4.69, 9.17) is 0 Å². The van der Waals surface area contributed by atoms with Gasteiger partial charge in [-0.2, -0.15) is 4.31 Å². The van der Waals surface area contributed by atoms with Crippen LogP contribution in [0.2, 0.25) is 0 Å². The van der Waals surface area contributed by atoms with E-state index in [9.17, 15) is 8.42 Å². The fourth-order valence-corrected chi connectivity index (χ4v) is 4.90. The van der Waals surface area contributed by atoms with Crippen molar-refractivity contribution in [1.82, 2.24) is 14.5 Å². The fraction of sp³-hybridized carbons (Fsp3) is 0.250. The third-order valence-electron chi connectivity index (χ3n) is 5.46. The Morgan fingerprint density at radius 2 is 1.61 bits per heavy atom. The summed E-state index contributed by atoms with van der Waals surface area (Å²) in [6.07, 6.45) is 1.64. The molecule has 0 amide bonds. The van der Waals surface area contributed by atoms with Crippen LogP contribution in [0.15, 0.2) is 66.1 Å². The first-order valence-corrected chi connectivity index (χ1v) is 11.8. The SMILES string of the molecule is Cc1ccc(-c2ccc(N3CCN(S(=O)(=O)C=Cc4ccccc4)CC3)nn2)c(C)c1. The van der Waals surface area contributed by atoms with Gasteiger partial charge in [0.05, 0.1) is 5.69 Å². The minimum atomic E-state index is -3.45. The third kappa shape index (κ3) is 5.00. The molecule has 3 aromatic rings. The van der Waals surface area contributed by atoms with Crippen molar-refractivity contribution >= 4 is 21.9 Å². The van der Waals surface area contributed by atoms with Gasteiger partial charge in [-0.3, -0.25) is 0 Å². The Kier molecular flexibility index (Phi) is 6.15. The van der Waals surface area contributed by atoms with Crippen LogP contribution in [0.3, 0.4) is 0 Å². The summed E-state index contributed by atoms with van der Waals surface area (Å²) in [5.41, 5.74) is 5.17. The van der Waals surface area contributed by atoms with Gasteiger partial charge in [0.1, 0.15) is 0 Å². The van der Waals surface area contributed by atoms with Gasteiger partial charge in [0.15, 0.2) is 5.82 Å². The Balaban J connectivity index is 1.40. The van der Waals surface area contributed by atoms with Crippen LogP contribution in [0.5, 0.6) is 0 Å². The van der Waals surface area contributed by atoms with Crippen LogP contribution in [0.25, 0.3) is 17.3 Å². The molecule has 1 aliphatic heterocycles. The second-order valence-corrected chi connectivity index (χ2v) is 9.56. The molecule has 0 unspecified atom stereocenters. The molecule has 31 heavy (non-hydrogen) atoms. The van der Waals surface area contributed by atoms with E-state index in [0.29, 0.717) is 26.2 Å². The smallest absolute Gasteiger partial charge is 0.236 e. The lowest BCUT2D eigenvalue weighted by Gasteiger charge is -2.33. The maximum atomic E-state index is 12.7. The van der Waals surface area contributed by atoms with Crippen molar-refractivity contribution in [3.63, 3.8) is 0 Å². The first-order chi connectivity index (χ1) is 14.9. The molecule has 1 saturated heterocycles. The lowest BCUT2D eigenvalue weighted by Crippen LogP contribution is -2.48. The van der Waals surface area contributed by atoms with Gasteiger partial charge < -0.3 is 4.90 Å². The molecular weight excluding hydrogens is 408 g/mol. The van der Waals surface area contributed by atoms with E-state index < -0.39 is 10.0 Å². The predicted octanol–water partition coefficient (Wildman–Crippen LogP) is 3.88. The first-order valence-electron chi connectivity index (χ1n) is 10.3. The molecular formula is C24H26N4O2S. The average molecular weight is 435 g/mol. The van der Waals surface area contributed by atoms with Gasteiger partial charge in [-0.15, -0.1) is 10.2 Å². The van der Waals surface area contributed by atoms with Crippen LogP contribution >= 0.6 is 0 Å². The predicted molar refractivity (Wildman–Crippen MR) is 125 cm³/mol. The highest BCUT2D eigenvalue weighted by molar-refractivity contribution is 7.92. The molecule has 2 heterocycles. The standard InChI is InChI=1S/C24H26N4O2S/c1-19-8-9-22(20(2)18-19)23-10-11-24(26-25-23)27-13-15-28(16-14-27)31(29,30)17-12-21-6-4-3-5-7-21/h3-12,17-18H,13-16H2,1-2H3. The third-order valence-corrected chi connectivity index (χ3v) is 7.03. The molecule has 4 rings (SSSR count).